The molecule has 0 radical (unpaired) electrons. The van der Waals surface area contributed by atoms with Crippen LogP contribution in [0.4, 0.5) is 17.6 Å². The first-order valence-electron chi connectivity index (χ1n) is 5.57. The van der Waals surface area contributed by atoms with Crippen molar-refractivity contribution in [3.8, 4) is 0 Å². The molecule has 0 unspecified atom stereocenters. The van der Waals surface area contributed by atoms with Crippen molar-refractivity contribution in [3.05, 3.63) is 35.6 Å². The van der Waals surface area contributed by atoms with E-state index in [0.717, 1.165) is 11.0 Å². The fourth-order valence-electron chi connectivity index (χ4n) is 2.00. The van der Waals surface area contributed by atoms with Gasteiger partial charge < -0.3 is 10.0 Å². The maximum atomic E-state index is 13.4. The summed E-state index contributed by atoms with van der Waals surface area (Å²) in [7, 11) is 0. The Bertz CT molecular complexity index is 503. The second kappa shape index (κ2) is 4.48. The number of β-amino-alcohol motifs (C(OH)–C–C–N with tert-alkyl or cyclic N) is 1. The molecular weight excluding hydrogens is 266 g/mol. The predicted octanol–water partition coefficient (Wildman–Crippen LogP) is 1.97. The van der Waals surface area contributed by atoms with Gasteiger partial charge in [-0.15, -0.1) is 0 Å². The van der Waals surface area contributed by atoms with Crippen LogP contribution in [0.25, 0.3) is 0 Å². The number of benzene rings is 1. The monoisotopic (exact) mass is 277 g/mol. The maximum Gasteiger partial charge on any atom is 0.419 e. The van der Waals surface area contributed by atoms with Gasteiger partial charge in [-0.2, -0.15) is 13.2 Å². The highest BCUT2D eigenvalue weighted by Gasteiger charge is 2.57. The summed E-state index contributed by atoms with van der Waals surface area (Å²) in [6, 6.07) is 5.05. The second-order valence-corrected chi connectivity index (χ2v) is 4.49. The van der Waals surface area contributed by atoms with E-state index in [0.29, 0.717) is 0 Å². The standard InChI is InChI=1S/C12H11F4NO2/c13-9-4-2-1-3-8(9)10(18)17-6-5-11(19,7-17)12(14,15)16/h1-4,19H,5-7H2/t11-/m0/s1. The lowest BCUT2D eigenvalue weighted by molar-refractivity contribution is -0.253. The predicted molar refractivity (Wildman–Crippen MR) is 57.9 cm³/mol. The first-order chi connectivity index (χ1) is 8.74. The molecular formula is C12H11F4NO2. The first kappa shape index (κ1) is 13.8. The summed E-state index contributed by atoms with van der Waals surface area (Å²) < 4.78 is 51.2. The number of alkyl halides is 3. The van der Waals surface area contributed by atoms with Gasteiger partial charge >= 0.3 is 6.18 Å². The van der Waals surface area contributed by atoms with Gasteiger partial charge in [-0.25, -0.2) is 4.39 Å². The zero-order chi connectivity index (χ0) is 14.3. The van der Waals surface area contributed by atoms with Crippen LogP contribution in [-0.4, -0.2) is 40.8 Å². The van der Waals surface area contributed by atoms with Crippen molar-refractivity contribution >= 4 is 5.91 Å². The number of likely N-dealkylation sites (tertiary alicyclic amines) is 1. The molecule has 104 valence electrons. The number of halogens is 4. The number of carbonyl (C=O) groups excluding carboxylic acids is 1. The van der Waals surface area contributed by atoms with Gasteiger partial charge in [0.2, 0.25) is 0 Å². The SMILES string of the molecule is O=C(c1ccccc1F)N1CC[C@@](O)(C(F)(F)F)C1. The molecule has 0 aliphatic carbocycles. The molecule has 0 saturated carbocycles. The number of nitrogens with zero attached hydrogens (tertiary/aromatic N) is 1. The molecule has 1 aliphatic rings. The molecule has 1 N–H and O–H groups in total. The van der Waals surface area contributed by atoms with Gasteiger partial charge in [0.15, 0.2) is 5.60 Å². The van der Waals surface area contributed by atoms with Crippen molar-refractivity contribution in [2.75, 3.05) is 13.1 Å². The minimum Gasteiger partial charge on any atom is -0.379 e. The van der Waals surface area contributed by atoms with Gasteiger partial charge in [0, 0.05) is 13.0 Å². The summed E-state index contributed by atoms with van der Waals surface area (Å²) in [5.74, 6) is -1.65. The Hall–Kier alpha value is -1.63. The summed E-state index contributed by atoms with van der Waals surface area (Å²) in [5.41, 5.74) is -3.21. The van der Waals surface area contributed by atoms with Crippen LogP contribution in [0, 0.1) is 5.82 Å². The van der Waals surface area contributed by atoms with Gasteiger partial charge in [0.25, 0.3) is 5.91 Å². The molecule has 7 heteroatoms. The molecule has 1 saturated heterocycles. The second-order valence-electron chi connectivity index (χ2n) is 4.49. The van der Waals surface area contributed by atoms with Gasteiger partial charge in [0.1, 0.15) is 5.82 Å². The minimum absolute atomic E-state index is 0.261. The van der Waals surface area contributed by atoms with E-state index >= 15 is 0 Å². The Labute approximate surface area is 106 Å². The average molecular weight is 277 g/mol. The summed E-state index contributed by atoms with van der Waals surface area (Å²) >= 11 is 0. The maximum absolute atomic E-state index is 13.4. The Morgan fingerprint density at radius 2 is 1.95 bits per heavy atom. The number of rotatable bonds is 1. The molecule has 1 atom stereocenters. The highest BCUT2D eigenvalue weighted by atomic mass is 19.4. The molecule has 1 aromatic rings. The fourth-order valence-corrected chi connectivity index (χ4v) is 2.00. The molecule has 3 nitrogen and oxygen atoms in total. The Morgan fingerprint density at radius 1 is 1.32 bits per heavy atom. The first-order valence-corrected chi connectivity index (χ1v) is 5.57. The summed E-state index contributed by atoms with van der Waals surface area (Å²) in [4.78, 5) is 12.7. The average Bonchev–Trinajstić information content (AvgIpc) is 2.72. The molecule has 1 fully saturated rings. The van der Waals surface area contributed by atoms with E-state index in [9.17, 15) is 27.5 Å². The van der Waals surface area contributed by atoms with Crippen molar-refractivity contribution < 1.29 is 27.5 Å². The lowest BCUT2D eigenvalue weighted by Gasteiger charge is -2.25. The number of carbonyl (C=O) groups is 1. The van der Waals surface area contributed by atoms with Crippen molar-refractivity contribution in [2.45, 2.75) is 18.2 Å². The third-order valence-electron chi connectivity index (χ3n) is 3.17. The Kier molecular flexibility index (Phi) is 3.25. The molecule has 0 spiro atoms. The van der Waals surface area contributed by atoms with Crippen LogP contribution in [0.3, 0.4) is 0 Å². The van der Waals surface area contributed by atoms with Crippen LogP contribution in [0.1, 0.15) is 16.8 Å². The highest BCUT2D eigenvalue weighted by Crippen LogP contribution is 2.38. The topological polar surface area (TPSA) is 40.5 Å². The van der Waals surface area contributed by atoms with E-state index in [1.807, 2.05) is 0 Å². The van der Waals surface area contributed by atoms with Crippen LogP contribution < -0.4 is 0 Å². The van der Waals surface area contributed by atoms with Crippen molar-refractivity contribution in [1.29, 1.82) is 0 Å². The van der Waals surface area contributed by atoms with Crippen LogP contribution in [-0.2, 0) is 0 Å². The van der Waals surface area contributed by atoms with Crippen molar-refractivity contribution in [3.63, 3.8) is 0 Å². The number of hydrogen-bond acceptors (Lipinski definition) is 2. The van der Waals surface area contributed by atoms with E-state index in [2.05, 4.69) is 0 Å². The normalized spacial score (nSPS) is 23.7. The summed E-state index contributed by atoms with van der Waals surface area (Å²) in [5, 5.41) is 9.45. The molecule has 19 heavy (non-hydrogen) atoms. The number of amides is 1. The number of aliphatic hydroxyl groups is 1. The Morgan fingerprint density at radius 3 is 2.47 bits per heavy atom. The summed E-state index contributed by atoms with van der Waals surface area (Å²) in [6.07, 6.45) is -5.41. The third kappa shape index (κ3) is 2.42. The lowest BCUT2D eigenvalue weighted by atomic mass is 10.0. The zero-order valence-corrected chi connectivity index (χ0v) is 9.75. The van der Waals surface area contributed by atoms with Crippen molar-refractivity contribution in [1.82, 2.24) is 4.90 Å². The van der Waals surface area contributed by atoms with Crippen molar-refractivity contribution in [2.24, 2.45) is 0 Å². The van der Waals surface area contributed by atoms with Crippen LogP contribution >= 0.6 is 0 Å². The third-order valence-corrected chi connectivity index (χ3v) is 3.17. The minimum atomic E-state index is -4.81. The van der Waals surface area contributed by atoms with Gasteiger partial charge in [-0.3, -0.25) is 4.79 Å². The van der Waals surface area contributed by atoms with E-state index in [1.165, 1.54) is 18.2 Å². The number of hydrogen-bond donors (Lipinski definition) is 1. The highest BCUT2D eigenvalue weighted by molar-refractivity contribution is 5.94. The molecule has 1 aliphatic heterocycles. The van der Waals surface area contributed by atoms with E-state index in [4.69, 9.17) is 0 Å². The molecule has 1 aromatic carbocycles. The molecule has 1 heterocycles. The molecule has 2 rings (SSSR count). The van der Waals surface area contributed by atoms with Gasteiger partial charge in [-0.1, -0.05) is 12.1 Å². The fraction of sp³-hybridized carbons (Fsp3) is 0.417. The van der Waals surface area contributed by atoms with E-state index < -0.39 is 36.5 Å². The van der Waals surface area contributed by atoms with E-state index in [1.54, 1.807) is 0 Å². The largest absolute Gasteiger partial charge is 0.419 e. The molecule has 1 amide bonds. The van der Waals surface area contributed by atoms with Gasteiger partial charge in [0.05, 0.1) is 12.1 Å². The zero-order valence-electron chi connectivity index (χ0n) is 9.75. The van der Waals surface area contributed by atoms with Crippen LogP contribution in [0.5, 0.6) is 0 Å². The van der Waals surface area contributed by atoms with E-state index in [-0.39, 0.29) is 12.1 Å². The quantitative estimate of drug-likeness (QED) is 0.797. The molecule has 0 aromatic heterocycles. The summed E-state index contributed by atoms with van der Waals surface area (Å²) in [6.45, 7) is -1.13. The Balaban J connectivity index is 2.18. The molecule has 0 bridgehead atoms. The smallest absolute Gasteiger partial charge is 0.379 e. The van der Waals surface area contributed by atoms with Crippen LogP contribution in [0.15, 0.2) is 24.3 Å². The van der Waals surface area contributed by atoms with Gasteiger partial charge in [-0.05, 0) is 12.1 Å². The van der Waals surface area contributed by atoms with Crippen LogP contribution in [0.2, 0.25) is 0 Å². The lowest BCUT2D eigenvalue weighted by Crippen LogP contribution is -2.48.